The van der Waals surface area contributed by atoms with Crippen LogP contribution in [0.4, 0.5) is 5.69 Å². The van der Waals surface area contributed by atoms with Gasteiger partial charge >= 0.3 is 5.97 Å². The Labute approximate surface area is 203 Å². The lowest BCUT2D eigenvalue weighted by molar-refractivity contribution is -0.143. The molecule has 3 aromatic rings. The Morgan fingerprint density at radius 3 is 2.59 bits per heavy atom. The molecular formula is C26H27N3O4S. The van der Waals surface area contributed by atoms with Crippen molar-refractivity contribution < 1.29 is 19.1 Å². The van der Waals surface area contributed by atoms with Crippen LogP contribution in [0.25, 0.3) is 17.0 Å². The van der Waals surface area contributed by atoms with Crippen molar-refractivity contribution in [2.75, 3.05) is 26.4 Å². The van der Waals surface area contributed by atoms with E-state index >= 15 is 0 Å². The predicted molar refractivity (Wildman–Crippen MR) is 136 cm³/mol. The molecule has 0 N–H and O–H groups in total. The van der Waals surface area contributed by atoms with Crippen molar-refractivity contribution in [3.05, 3.63) is 71.3 Å². The highest BCUT2D eigenvalue weighted by Gasteiger charge is 2.33. The molecule has 0 unspecified atom stereocenters. The van der Waals surface area contributed by atoms with Crippen LogP contribution in [-0.2, 0) is 25.6 Å². The normalized spacial score (nSPS) is 16.2. The maximum atomic E-state index is 13.3. The molecule has 2 aromatic carbocycles. The molecule has 1 aliphatic rings. The third-order valence-electron chi connectivity index (χ3n) is 5.24. The van der Waals surface area contributed by atoms with Crippen molar-refractivity contribution in [1.82, 2.24) is 9.47 Å². The molecule has 176 valence electrons. The number of thioether (sulfide) groups is 1. The molecular weight excluding hydrogens is 450 g/mol. The fraction of sp³-hybridized carbons (Fsp3) is 0.269. The Hall–Kier alpha value is -3.36. The minimum atomic E-state index is -0.298. The van der Waals surface area contributed by atoms with E-state index in [0.717, 1.165) is 22.2 Å². The molecule has 2 heterocycles. The second-order valence-electron chi connectivity index (χ2n) is 7.53. The van der Waals surface area contributed by atoms with Gasteiger partial charge < -0.3 is 14.0 Å². The Bertz CT molecular complexity index is 1230. The van der Waals surface area contributed by atoms with Crippen LogP contribution in [0.1, 0.15) is 19.4 Å². The number of aromatic nitrogens is 1. The highest BCUT2D eigenvalue weighted by atomic mass is 32.2. The van der Waals surface area contributed by atoms with E-state index in [-0.39, 0.29) is 18.4 Å². The van der Waals surface area contributed by atoms with E-state index in [4.69, 9.17) is 14.5 Å². The zero-order valence-electron chi connectivity index (χ0n) is 19.3. The van der Waals surface area contributed by atoms with Gasteiger partial charge in [0.15, 0.2) is 5.17 Å². The zero-order chi connectivity index (χ0) is 23.9. The lowest BCUT2D eigenvalue weighted by Crippen LogP contribution is -2.32. The highest BCUT2D eigenvalue weighted by Crippen LogP contribution is 2.35. The van der Waals surface area contributed by atoms with Gasteiger partial charge in [0.25, 0.3) is 5.91 Å². The minimum absolute atomic E-state index is 0.110. The lowest BCUT2D eigenvalue weighted by Gasteiger charge is -2.15. The van der Waals surface area contributed by atoms with E-state index in [1.807, 2.05) is 78.4 Å². The first-order valence-electron chi connectivity index (χ1n) is 11.3. The van der Waals surface area contributed by atoms with Crippen LogP contribution in [0, 0.1) is 0 Å². The first-order valence-corrected chi connectivity index (χ1v) is 12.1. The number of amidine groups is 1. The van der Waals surface area contributed by atoms with E-state index in [2.05, 4.69) is 0 Å². The number of rotatable bonds is 9. The van der Waals surface area contributed by atoms with Gasteiger partial charge in [-0.05, 0) is 49.9 Å². The van der Waals surface area contributed by atoms with Gasteiger partial charge in [0.2, 0.25) is 0 Å². The third kappa shape index (κ3) is 5.40. The molecule has 0 saturated carbocycles. The smallest absolute Gasteiger partial charge is 0.325 e. The van der Waals surface area contributed by atoms with Crippen LogP contribution in [0.2, 0.25) is 0 Å². The third-order valence-corrected chi connectivity index (χ3v) is 6.25. The van der Waals surface area contributed by atoms with Gasteiger partial charge in [0.05, 0.1) is 30.4 Å². The van der Waals surface area contributed by atoms with Crippen LogP contribution in [-0.4, -0.2) is 52.9 Å². The number of ether oxygens (including phenoxy) is 2. The number of para-hydroxylation sites is 2. The fourth-order valence-electron chi connectivity index (χ4n) is 3.71. The summed E-state index contributed by atoms with van der Waals surface area (Å²) in [6.07, 6.45) is 3.76. The summed E-state index contributed by atoms with van der Waals surface area (Å²) < 4.78 is 12.5. The number of benzene rings is 2. The molecule has 0 spiro atoms. The molecule has 8 heteroatoms. The number of fused-ring (bicyclic) bond motifs is 1. The summed E-state index contributed by atoms with van der Waals surface area (Å²) in [6.45, 7) is 5.60. The van der Waals surface area contributed by atoms with Gasteiger partial charge in [0, 0.05) is 29.3 Å². The lowest BCUT2D eigenvalue weighted by atomic mass is 10.1. The maximum absolute atomic E-state index is 13.3. The molecule has 1 aliphatic heterocycles. The van der Waals surface area contributed by atoms with Crippen LogP contribution < -0.4 is 0 Å². The topological polar surface area (TPSA) is 73.1 Å². The Morgan fingerprint density at radius 1 is 1.06 bits per heavy atom. The second-order valence-corrected chi connectivity index (χ2v) is 8.54. The number of hydrogen-bond donors (Lipinski definition) is 0. The summed E-state index contributed by atoms with van der Waals surface area (Å²) in [4.78, 5) is 32.4. The number of carbonyl (C=O) groups is 2. The van der Waals surface area contributed by atoms with E-state index < -0.39 is 0 Å². The van der Waals surface area contributed by atoms with Gasteiger partial charge in [-0.15, -0.1) is 0 Å². The summed E-state index contributed by atoms with van der Waals surface area (Å²) in [5.74, 6) is -0.408. The van der Waals surface area contributed by atoms with Crippen LogP contribution in [0.3, 0.4) is 0 Å². The molecule has 0 aliphatic carbocycles. The van der Waals surface area contributed by atoms with Crippen molar-refractivity contribution in [3.63, 3.8) is 0 Å². The average molecular weight is 478 g/mol. The van der Waals surface area contributed by atoms with Crippen molar-refractivity contribution in [2.45, 2.75) is 20.4 Å². The Morgan fingerprint density at radius 2 is 1.82 bits per heavy atom. The highest BCUT2D eigenvalue weighted by molar-refractivity contribution is 8.18. The summed E-state index contributed by atoms with van der Waals surface area (Å²) in [5, 5.41) is 1.58. The molecule has 0 atom stereocenters. The van der Waals surface area contributed by atoms with Crippen molar-refractivity contribution in [2.24, 2.45) is 4.99 Å². The first-order chi connectivity index (χ1) is 16.6. The van der Waals surface area contributed by atoms with Crippen molar-refractivity contribution >= 4 is 51.5 Å². The molecule has 7 nitrogen and oxygen atoms in total. The van der Waals surface area contributed by atoms with Crippen LogP contribution in [0.5, 0.6) is 0 Å². The molecule has 1 saturated heterocycles. The second kappa shape index (κ2) is 11.2. The largest absolute Gasteiger partial charge is 0.465 e. The predicted octanol–water partition coefficient (Wildman–Crippen LogP) is 4.84. The van der Waals surface area contributed by atoms with Crippen molar-refractivity contribution in [1.29, 1.82) is 0 Å². The number of carbonyl (C=O) groups excluding carboxylic acids is 2. The molecule has 1 amide bonds. The number of nitrogens with zero attached hydrogens (tertiary/aromatic N) is 3. The standard InChI is InChI=1S/C26H27N3O4S/c1-3-32-15-14-29-25(31)23(34-26(29)27-20-10-6-5-7-11-20)16-19-17-28(18-24(30)33-4-2)22-13-9-8-12-21(19)22/h5-13,16-17H,3-4,14-15,18H2,1-2H3. The molecule has 4 rings (SSSR count). The van der Waals surface area contributed by atoms with Gasteiger partial charge in [-0.25, -0.2) is 4.99 Å². The van der Waals surface area contributed by atoms with Gasteiger partial charge in [-0.2, -0.15) is 0 Å². The van der Waals surface area contributed by atoms with Crippen LogP contribution >= 0.6 is 11.8 Å². The van der Waals surface area contributed by atoms with Crippen molar-refractivity contribution in [3.8, 4) is 0 Å². The molecule has 1 fully saturated rings. The first kappa shape index (κ1) is 23.8. The maximum Gasteiger partial charge on any atom is 0.325 e. The van der Waals surface area contributed by atoms with Crippen LogP contribution in [0.15, 0.2) is 70.7 Å². The Kier molecular flexibility index (Phi) is 7.82. The van der Waals surface area contributed by atoms with E-state index in [0.29, 0.717) is 36.4 Å². The van der Waals surface area contributed by atoms with E-state index in [1.54, 1.807) is 11.8 Å². The molecule has 0 radical (unpaired) electrons. The van der Waals surface area contributed by atoms with Gasteiger partial charge in [-0.3, -0.25) is 14.5 Å². The molecule has 1 aromatic heterocycles. The summed E-state index contributed by atoms with van der Waals surface area (Å²) in [6, 6.07) is 17.4. The minimum Gasteiger partial charge on any atom is -0.465 e. The summed E-state index contributed by atoms with van der Waals surface area (Å²) in [7, 11) is 0. The molecule has 0 bridgehead atoms. The van der Waals surface area contributed by atoms with Gasteiger partial charge in [-0.1, -0.05) is 36.4 Å². The number of esters is 1. The molecule has 34 heavy (non-hydrogen) atoms. The number of hydrogen-bond acceptors (Lipinski definition) is 6. The quantitative estimate of drug-likeness (QED) is 0.250. The summed E-state index contributed by atoms with van der Waals surface area (Å²) in [5.41, 5.74) is 2.55. The number of amides is 1. The Balaban J connectivity index is 1.68. The fourth-order valence-corrected chi connectivity index (χ4v) is 4.73. The van der Waals surface area contributed by atoms with E-state index in [1.165, 1.54) is 11.8 Å². The monoisotopic (exact) mass is 477 g/mol. The number of aliphatic imine (C=N–C) groups is 1. The van der Waals surface area contributed by atoms with E-state index in [9.17, 15) is 9.59 Å². The van der Waals surface area contributed by atoms with Gasteiger partial charge in [0.1, 0.15) is 6.54 Å². The average Bonchev–Trinajstić information content (AvgIpc) is 3.32. The SMILES string of the molecule is CCOCCN1C(=O)C(=Cc2cn(CC(=O)OCC)c3ccccc23)SC1=Nc1ccccc1. The summed E-state index contributed by atoms with van der Waals surface area (Å²) >= 11 is 1.35. The zero-order valence-corrected chi connectivity index (χ0v) is 20.1.